The average Bonchev–Trinajstić information content (AvgIpc) is 3.83. The SMILES string of the molecule is Cc1cc(F)cc(F)c1-c1cccc[n+]1C.Cc1ccccc1C[P+](C)(c1ccccc1)c1ccccc1.Cc1ccccc1N1C=CN(C)[C@@H]1C.Cc1ccccc1N1c2ccccc2N(C)[C@@H]1C. The zero-order valence-electron chi connectivity index (χ0n) is 42.4. The van der Waals surface area contributed by atoms with Crippen LogP contribution in [0.15, 0.2) is 207 Å². The minimum Gasteiger partial charge on any atom is -0.359 e. The molecule has 10 rings (SSSR count). The van der Waals surface area contributed by atoms with Crippen LogP contribution in [0, 0.1) is 39.3 Å². The molecule has 0 radical (unpaired) electrons. The van der Waals surface area contributed by atoms with E-state index < -0.39 is 18.9 Å². The summed E-state index contributed by atoms with van der Waals surface area (Å²) in [6, 6.07) is 64.2. The van der Waals surface area contributed by atoms with E-state index in [1.807, 2.05) is 36.0 Å². The monoisotopic (exact) mass is 952 g/mol. The average molecular weight is 952 g/mol. The van der Waals surface area contributed by atoms with Crippen molar-refractivity contribution in [3.8, 4) is 11.3 Å². The highest BCUT2D eigenvalue weighted by molar-refractivity contribution is 7.88. The number of hydrogen-bond donors (Lipinski definition) is 0. The van der Waals surface area contributed by atoms with Crippen molar-refractivity contribution in [2.24, 2.45) is 7.05 Å². The molecule has 7 aromatic carbocycles. The van der Waals surface area contributed by atoms with Crippen LogP contribution in [0.1, 0.15) is 41.7 Å². The summed E-state index contributed by atoms with van der Waals surface area (Å²) in [5.41, 5.74) is 12.4. The Balaban J connectivity index is 0.000000139. The molecule has 0 bridgehead atoms. The molecule has 358 valence electrons. The maximum atomic E-state index is 13.7. The molecule has 5 nitrogen and oxygen atoms in total. The Kier molecular flexibility index (Phi) is 16.7. The Hall–Kier alpha value is -7.08. The van der Waals surface area contributed by atoms with Gasteiger partial charge in [0.05, 0.1) is 47.6 Å². The number of rotatable bonds is 7. The highest BCUT2D eigenvalue weighted by Crippen LogP contribution is 2.56. The number of anilines is 4. The molecular weight excluding hydrogens is 884 g/mol. The van der Waals surface area contributed by atoms with Crippen LogP contribution in [0.3, 0.4) is 0 Å². The van der Waals surface area contributed by atoms with Crippen LogP contribution in [0.5, 0.6) is 0 Å². The van der Waals surface area contributed by atoms with Crippen molar-refractivity contribution in [1.82, 2.24) is 4.90 Å². The van der Waals surface area contributed by atoms with Gasteiger partial charge >= 0.3 is 0 Å². The van der Waals surface area contributed by atoms with E-state index in [4.69, 9.17) is 0 Å². The minimum absolute atomic E-state index is 0.350. The highest BCUT2D eigenvalue weighted by Gasteiger charge is 2.38. The summed E-state index contributed by atoms with van der Waals surface area (Å²) in [6.45, 7) is 15.1. The Labute approximate surface area is 417 Å². The van der Waals surface area contributed by atoms with Crippen molar-refractivity contribution in [2.75, 3.05) is 35.5 Å². The predicted octanol–water partition coefficient (Wildman–Crippen LogP) is 14.1. The number of hydrogen-bond acceptors (Lipinski definition) is 4. The fourth-order valence-electron chi connectivity index (χ4n) is 9.25. The van der Waals surface area contributed by atoms with Crippen molar-refractivity contribution in [3.05, 3.63) is 246 Å². The topological polar surface area (TPSA) is 16.8 Å². The van der Waals surface area contributed by atoms with Gasteiger partial charge in [-0.05, 0) is 130 Å². The second-order valence-electron chi connectivity index (χ2n) is 18.4. The first-order valence-electron chi connectivity index (χ1n) is 24.0. The van der Waals surface area contributed by atoms with E-state index in [0.29, 0.717) is 23.5 Å². The van der Waals surface area contributed by atoms with Crippen molar-refractivity contribution >= 4 is 40.6 Å². The first-order valence-corrected chi connectivity index (χ1v) is 26.4. The summed E-state index contributed by atoms with van der Waals surface area (Å²) in [4.78, 5) is 9.22. The third kappa shape index (κ3) is 11.5. The second-order valence-corrected chi connectivity index (χ2v) is 22.1. The summed E-state index contributed by atoms with van der Waals surface area (Å²) in [5, 5.41) is 2.95. The molecule has 2 aliphatic heterocycles. The van der Waals surface area contributed by atoms with Gasteiger partial charge in [-0.15, -0.1) is 0 Å². The third-order valence-electron chi connectivity index (χ3n) is 13.6. The summed E-state index contributed by atoms with van der Waals surface area (Å²) in [5.74, 6) is -1.07. The Morgan fingerprint density at radius 2 is 1.01 bits per heavy atom. The molecule has 70 heavy (non-hydrogen) atoms. The number of benzene rings is 7. The van der Waals surface area contributed by atoms with Gasteiger partial charge < -0.3 is 19.6 Å². The van der Waals surface area contributed by atoms with E-state index in [9.17, 15) is 8.78 Å². The summed E-state index contributed by atoms with van der Waals surface area (Å²) < 4.78 is 28.5. The standard InChI is InChI=1S/C21H22P.C16H18N2.C13H12F2N.C12H16N2/c1-18-11-9-10-12-19(18)17-22(2,20-13-5-3-6-14-20)21-15-7-4-8-16-21;1-12-8-4-5-9-14(12)18-13(2)17(3)15-10-6-7-11-16(15)18;1-9-7-10(14)8-11(15)13(9)12-5-3-4-6-16(12)2;1-10-6-4-5-7-12(10)14-9-8-13(3)11(14)2/h3-16H,17H2,1-2H3;4-11,13H,1-3H3;3-8H,1-2H3;4-9,11H,1-3H3/q+1;;+1;/t;13-;;11-/m.0.0/s1. The number of pyridine rings is 1. The van der Waals surface area contributed by atoms with Crippen LogP contribution in [-0.2, 0) is 13.2 Å². The van der Waals surface area contributed by atoms with Gasteiger partial charge in [0.1, 0.15) is 31.0 Å². The van der Waals surface area contributed by atoms with Gasteiger partial charge in [0.25, 0.3) is 0 Å². The zero-order valence-corrected chi connectivity index (χ0v) is 43.3. The largest absolute Gasteiger partial charge is 0.359 e. The van der Waals surface area contributed by atoms with E-state index in [0.717, 1.165) is 17.9 Å². The summed E-state index contributed by atoms with van der Waals surface area (Å²) in [7, 11) is 4.66. The van der Waals surface area contributed by atoms with Crippen LogP contribution in [0.4, 0.5) is 31.5 Å². The normalized spacial score (nSPS) is 14.7. The lowest BCUT2D eigenvalue weighted by atomic mass is 10.0. The van der Waals surface area contributed by atoms with Gasteiger partial charge in [-0.25, -0.2) is 13.3 Å². The quantitative estimate of drug-likeness (QED) is 0.117. The van der Waals surface area contributed by atoms with Gasteiger partial charge in [0.15, 0.2) is 6.20 Å². The fourth-order valence-corrected chi connectivity index (χ4v) is 12.6. The third-order valence-corrected chi connectivity index (χ3v) is 17.5. The second kappa shape index (κ2) is 23.0. The molecule has 0 saturated heterocycles. The number of halogens is 2. The Morgan fingerprint density at radius 3 is 1.54 bits per heavy atom. The number of aryl methyl sites for hydroxylation is 5. The van der Waals surface area contributed by atoms with Crippen molar-refractivity contribution < 1.29 is 13.3 Å². The highest BCUT2D eigenvalue weighted by atomic mass is 31.2. The molecule has 0 aliphatic carbocycles. The number of nitrogens with zero attached hydrogens (tertiary/aromatic N) is 5. The van der Waals surface area contributed by atoms with Crippen LogP contribution in [0.25, 0.3) is 11.3 Å². The molecule has 8 heteroatoms. The van der Waals surface area contributed by atoms with E-state index in [1.54, 1.807) is 6.92 Å². The number of aromatic nitrogens is 1. The molecule has 2 aliphatic rings. The summed E-state index contributed by atoms with van der Waals surface area (Å²) in [6.07, 6.45) is 7.95. The van der Waals surface area contributed by atoms with Crippen LogP contribution < -0.4 is 29.9 Å². The maximum Gasteiger partial charge on any atom is 0.215 e. The van der Waals surface area contributed by atoms with Gasteiger partial charge in [-0.2, -0.15) is 0 Å². The predicted molar refractivity (Wildman–Crippen MR) is 295 cm³/mol. The van der Waals surface area contributed by atoms with Gasteiger partial charge in [0, 0.05) is 56.1 Å². The van der Waals surface area contributed by atoms with E-state index in [1.165, 1.54) is 61.7 Å². The van der Waals surface area contributed by atoms with Gasteiger partial charge in [-0.3, -0.25) is 0 Å². The van der Waals surface area contributed by atoms with Crippen molar-refractivity contribution in [2.45, 2.75) is 60.0 Å². The molecule has 1 aromatic heterocycles. The Morgan fingerprint density at radius 1 is 0.514 bits per heavy atom. The molecule has 0 saturated carbocycles. The zero-order chi connectivity index (χ0) is 50.0. The number of para-hydroxylation sites is 4. The maximum absolute atomic E-state index is 13.7. The lowest BCUT2D eigenvalue weighted by Gasteiger charge is -2.28. The Bertz CT molecular complexity index is 2950. The molecule has 8 aromatic rings. The molecule has 0 N–H and O–H groups in total. The minimum atomic E-state index is -1.42. The van der Waals surface area contributed by atoms with Gasteiger partial charge in [0.2, 0.25) is 5.69 Å². The molecule has 0 unspecified atom stereocenters. The van der Waals surface area contributed by atoms with E-state index in [-0.39, 0.29) is 0 Å². The smallest absolute Gasteiger partial charge is 0.215 e. The molecule has 3 heterocycles. The van der Waals surface area contributed by atoms with Gasteiger partial charge in [-0.1, -0.05) is 109 Å². The lowest BCUT2D eigenvalue weighted by molar-refractivity contribution is -0.660. The van der Waals surface area contributed by atoms with Crippen molar-refractivity contribution in [3.63, 3.8) is 0 Å². The number of fused-ring (bicyclic) bond motifs is 1. The lowest BCUT2D eigenvalue weighted by Crippen LogP contribution is -2.35. The fraction of sp³-hybridized carbons (Fsp3) is 0.210. The first-order chi connectivity index (χ1) is 33.7. The summed E-state index contributed by atoms with van der Waals surface area (Å²) >= 11 is 0. The van der Waals surface area contributed by atoms with E-state index >= 15 is 0 Å². The van der Waals surface area contributed by atoms with Crippen molar-refractivity contribution in [1.29, 1.82) is 0 Å². The molecule has 2 atom stereocenters. The van der Waals surface area contributed by atoms with Crippen LogP contribution >= 0.6 is 7.26 Å². The molecule has 0 spiro atoms. The van der Waals surface area contributed by atoms with Crippen LogP contribution in [-0.4, -0.2) is 38.0 Å². The van der Waals surface area contributed by atoms with Crippen LogP contribution in [0.2, 0.25) is 0 Å². The molecule has 0 amide bonds. The molecule has 0 fully saturated rings. The van der Waals surface area contributed by atoms with E-state index in [2.05, 4.69) is 245 Å². The first kappa shape index (κ1) is 50.8. The molecular formula is C62H68F2N5P+2.